The molecule has 1 aromatic rings. The minimum Gasteiger partial charge on any atom is -0.352 e. The molecule has 1 saturated heterocycles. The van der Waals surface area contributed by atoms with Crippen LogP contribution < -0.4 is 11.1 Å². The van der Waals surface area contributed by atoms with Gasteiger partial charge in [-0.2, -0.15) is 0 Å². The predicted octanol–water partition coefficient (Wildman–Crippen LogP) is 1.78. The molecule has 0 aromatic heterocycles. The third-order valence-corrected chi connectivity index (χ3v) is 4.44. The molecule has 126 valence electrons. The Bertz CT molecular complexity index is 516. The molecule has 5 heteroatoms. The number of piperidine rings is 1. The van der Waals surface area contributed by atoms with Crippen molar-refractivity contribution in [3.63, 3.8) is 0 Å². The van der Waals surface area contributed by atoms with Gasteiger partial charge in [0.05, 0.1) is 0 Å². The average molecular weight is 317 g/mol. The maximum atomic E-state index is 12.3. The van der Waals surface area contributed by atoms with Crippen LogP contribution in [0.2, 0.25) is 0 Å². The van der Waals surface area contributed by atoms with Crippen LogP contribution in [-0.4, -0.2) is 42.4 Å². The Hall–Kier alpha value is -1.88. The summed E-state index contributed by atoms with van der Waals surface area (Å²) >= 11 is 0. The van der Waals surface area contributed by atoms with Gasteiger partial charge in [-0.1, -0.05) is 18.2 Å². The Morgan fingerprint density at radius 1 is 1.35 bits per heavy atom. The van der Waals surface area contributed by atoms with Crippen LogP contribution in [-0.2, 0) is 4.79 Å². The van der Waals surface area contributed by atoms with Gasteiger partial charge in [-0.15, -0.1) is 0 Å². The Morgan fingerprint density at radius 2 is 2.09 bits per heavy atom. The van der Waals surface area contributed by atoms with E-state index in [0.29, 0.717) is 30.9 Å². The standard InChI is InChI=1S/C18H27N3O2/c1-14(19)16-9-6-12-21(13-16)17(22)10-5-11-20-18(23)15-7-3-2-4-8-15/h2-4,7-8,14,16H,5-6,9-13,19H2,1H3,(H,20,23). The lowest BCUT2D eigenvalue weighted by atomic mass is 9.92. The molecular weight excluding hydrogens is 290 g/mol. The van der Waals surface area contributed by atoms with Crippen LogP contribution in [0.3, 0.4) is 0 Å². The summed E-state index contributed by atoms with van der Waals surface area (Å²) in [6.45, 7) is 4.13. The van der Waals surface area contributed by atoms with Gasteiger partial charge in [0.15, 0.2) is 0 Å². The molecule has 2 rings (SSSR count). The third-order valence-electron chi connectivity index (χ3n) is 4.44. The van der Waals surface area contributed by atoms with Crippen LogP contribution >= 0.6 is 0 Å². The Labute approximate surface area is 138 Å². The fraction of sp³-hybridized carbons (Fsp3) is 0.556. The van der Waals surface area contributed by atoms with Crippen molar-refractivity contribution in [2.45, 2.75) is 38.6 Å². The molecule has 23 heavy (non-hydrogen) atoms. The second kappa shape index (κ2) is 8.67. The summed E-state index contributed by atoms with van der Waals surface area (Å²) in [5, 5.41) is 2.85. The van der Waals surface area contributed by atoms with E-state index in [2.05, 4.69) is 5.32 Å². The molecular formula is C18H27N3O2. The second-order valence-corrected chi connectivity index (χ2v) is 6.33. The number of carbonyl (C=O) groups is 2. The number of likely N-dealkylation sites (tertiary alicyclic amines) is 1. The molecule has 2 unspecified atom stereocenters. The van der Waals surface area contributed by atoms with Crippen molar-refractivity contribution in [3.05, 3.63) is 35.9 Å². The van der Waals surface area contributed by atoms with Gasteiger partial charge in [-0.3, -0.25) is 9.59 Å². The number of nitrogens with one attached hydrogen (secondary N) is 1. The van der Waals surface area contributed by atoms with Gasteiger partial charge in [0.2, 0.25) is 5.91 Å². The molecule has 5 nitrogen and oxygen atoms in total. The molecule has 0 spiro atoms. The van der Waals surface area contributed by atoms with Gasteiger partial charge in [0.1, 0.15) is 0 Å². The molecule has 1 heterocycles. The summed E-state index contributed by atoms with van der Waals surface area (Å²) in [4.78, 5) is 26.1. The molecule has 0 aliphatic carbocycles. The largest absolute Gasteiger partial charge is 0.352 e. The summed E-state index contributed by atoms with van der Waals surface area (Å²) < 4.78 is 0. The summed E-state index contributed by atoms with van der Waals surface area (Å²) in [6, 6.07) is 9.25. The molecule has 3 N–H and O–H groups in total. The highest BCUT2D eigenvalue weighted by molar-refractivity contribution is 5.94. The second-order valence-electron chi connectivity index (χ2n) is 6.33. The molecule has 2 amide bonds. The first-order valence-corrected chi connectivity index (χ1v) is 8.44. The third kappa shape index (κ3) is 5.36. The smallest absolute Gasteiger partial charge is 0.251 e. The Kier molecular flexibility index (Phi) is 6.59. The quantitative estimate of drug-likeness (QED) is 0.785. The van der Waals surface area contributed by atoms with E-state index in [1.165, 1.54) is 0 Å². The minimum atomic E-state index is -0.0898. The zero-order valence-electron chi connectivity index (χ0n) is 13.8. The van der Waals surface area contributed by atoms with E-state index in [0.717, 1.165) is 25.9 Å². The highest BCUT2D eigenvalue weighted by Gasteiger charge is 2.25. The molecule has 2 atom stereocenters. The zero-order valence-corrected chi connectivity index (χ0v) is 13.8. The Balaban J connectivity index is 1.68. The summed E-state index contributed by atoms with van der Waals surface area (Å²) in [5.74, 6) is 0.489. The number of rotatable bonds is 6. The molecule has 1 aliphatic rings. The SMILES string of the molecule is CC(N)C1CCCN(C(=O)CCCNC(=O)c2ccccc2)C1. The van der Waals surface area contributed by atoms with E-state index in [-0.39, 0.29) is 17.9 Å². The van der Waals surface area contributed by atoms with Gasteiger partial charge in [-0.05, 0) is 44.2 Å². The van der Waals surface area contributed by atoms with Gasteiger partial charge >= 0.3 is 0 Å². The number of nitrogens with two attached hydrogens (primary N) is 1. The lowest BCUT2D eigenvalue weighted by molar-refractivity contribution is -0.133. The highest BCUT2D eigenvalue weighted by Crippen LogP contribution is 2.19. The van der Waals surface area contributed by atoms with Crippen molar-refractivity contribution in [2.24, 2.45) is 11.7 Å². The minimum absolute atomic E-state index is 0.0898. The molecule has 0 radical (unpaired) electrons. The molecule has 0 saturated carbocycles. The van der Waals surface area contributed by atoms with E-state index in [9.17, 15) is 9.59 Å². The van der Waals surface area contributed by atoms with E-state index in [1.807, 2.05) is 30.0 Å². The van der Waals surface area contributed by atoms with Crippen molar-refractivity contribution < 1.29 is 9.59 Å². The molecule has 1 aliphatic heterocycles. The topological polar surface area (TPSA) is 75.4 Å². The fourth-order valence-corrected chi connectivity index (χ4v) is 2.96. The van der Waals surface area contributed by atoms with Crippen LogP contribution in [0.25, 0.3) is 0 Å². The van der Waals surface area contributed by atoms with Gasteiger partial charge in [-0.25, -0.2) is 0 Å². The maximum absolute atomic E-state index is 12.3. The summed E-state index contributed by atoms with van der Waals surface area (Å²) in [6.07, 6.45) is 3.27. The number of benzene rings is 1. The van der Waals surface area contributed by atoms with Crippen LogP contribution in [0, 0.1) is 5.92 Å². The molecule has 1 aromatic carbocycles. The van der Waals surface area contributed by atoms with E-state index in [1.54, 1.807) is 12.1 Å². The molecule has 1 fully saturated rings. The van der Waals surface area contributed by atoms with Gasteiger partial charge < -0.3 is 16.0 Å². The van der Waals surface area contributed by atoms with Crippen molar-refractivity contribution in [2.75, 3.05) is 19.6 Å². The first-order valence-electron chi connectivity index (χ1n) is 8.44. The van der Waals surface area contributed by atoms with Crippen LogP contribution in [0.4, 0.5) is 0 Å². The monoisotopic (exact) mass is 317 g/mol. The predicted molar refractivity (Wildman–Crippen MR) is 91.0 cm³/mol. The summed E-state index contributed by atoms with van der Waals surface area (Å²) in [7, 11) is 0. The van der Waals surface area contributed by atoms with Crippen LogP contribution in [0.5, 0.6) is 0 Å². The number of amides is 2. The average Bonchev–Trinajstić information content (AvgIpc) is 2.59. The number of nitrogens with zero attached hydrogens (tertiary/aromatic N) is 1. The number of carbonyl (C=O) groups excluding carboxylic acids is 2. The van der Waals surface area contributed by atoms with Crippen LogP contribution in [0.15, 0.2) is 30.3 Å². The van der Waals surface area contributed by atoms with Crippen molar-refractivity contribution in [1.29, 1.82) is 0 Å². The van der Waals surface area contributed by atoms with Gasteiger partial charge in [0.25, 0.3) is 5.91 Å². The van der Waals surface area contributed by atoms with Crippen molar-refractivity contribution in [1.82, 2.24) is 10.2 Å². The highest BCUT2D eigenvalue weighted by atomic mass is 16.2. The van der Waals surface area contributed by atoms with Crippen LogP contribution in [0.1, 0.15) is 43.0 Å². The normalized spacial score (nSPS) is 19.2. The lowest BCUT2D eigenvalue weighted by Gasteiger charge is -2.34. The fourth-order valence-electron chi connectivity index (χ4n) is 2.96. The Morgan fingerprint density at radius 3 is 2.78 bits per heavy atom. The summed E-state index contributed by atoms with van der Waals surface area (Å²) in [5.41, 5.74) is 6.60. The lowest BCUT2D eigenvalue weighted by Crippen LogP contribution is -2.45. The van der Waals surface area contributed by atoms with Gasteiger partial charge in [0, 0.05) is 37.7 Å². The first-order chi connectivity index (χ1) is 11.1. The first kappa shape index (κ1) is 17.5. The van der Waals surface area contributed by atoms with E-state index < -0.39 is 0 Å². The van der Waals surface area contributed by atoms with Crippen molar-refractivity contribution in [3.8, 4) is 0 Å². The molecule has 0 bridgehead atoms. The maximum Gasteiger partial charge on any atom is 0.251 e. The van der Waals surface area contributed by atoms with E-state index >= 15 is 0 Å². The zero-order chi connectivity index (χ0) is 16.7. The van der Waals surface area contributed by atoms with Crippen molar-refractivity contribution >= 4 is 11.8 Å². The van der Waals surface area contributed by atoms with E-state index in [4.69, 9.17) is 5.73 Å². The number of hydrogen-bond acceptors (Lipinski definition) is 3. The number of hydrogen-bond donors (Lipinski definition) is 2.